The van der Waals surface area contributed by atoms with Crippen molar-refractivity contribution in [3.8, 4) is 6.07 Å². The fourth-order valence-electron chi connectivity index (χ4n) is 3.49. The monoisotopic (exact) mass is 411 g/mol. The number of hydrogen-bond donors (Lipinski definition) is 1. The van der Waals surface area contributed by atoms with Crippen LogP contribution in [0.15, 0.2) is 35.0 Å². The van der Waals surface area contributed by atoms with E-state index in [1.165, 1.54) is 12.5 Å². The molecule has 2 atom stereocenters. The van der Waals surface area contributed by atoms with Crippen LogP contribution in [0.4, 0.5) is 10.6 Å². The number of likely N-dealkylation sites (tertiary alicyclic amines) is 1. The predicted molar refractivity (Wildman–Crippen MR) is 109 cm³/mol. The minimum absolute atomic E-state index is 0.335. The Balaban J connectivity index is 1.89. The Morgan fingerprint density at radius 3 is 2.83 bits per heavy atom. The van der Waals surface area contributed by atoms with E-state index >= 15 is 0 Å². The molecular weight excluding hydrogens is 386 g/mol. The van der Waals surface area contributed by atoms with Gasteiger partial charge >= 0.3 is 6.09 Å². The van der Waals surface area contributed by atoms with Crippen LogP contribution in [0.25, 0.3) is 0 Å². The molecule has 3 rings (SSSR count). The van der Waals surface area contributed by atoms with Crippen molar-refractivity contribution in [3.05, 3.63) is 30.0 Å². The summed E-state index contributed by atoms with van der Waals surface area (Å²) in [4.78, 5) is 40.0. The van der Waals surface area contributed by atoms with Crippen LogP contribution in [-0.2, 0) is 9.53 Å². The van der Waals surface area contributed by atoms with Gasteiger partial charge in [0.15, 0.2) is 6.29 Å². The van der Waals surface area contributed by atoms with Gasteiger partial charge in [0.2, 0.25) is 6.17 Å². The summed E-state index contributed by atoms with van der Waals surface area (Å²) in [7, 11) is 0. The number of aliphatic imine (C=N–C) groups is 1. The summed E-state index contributed by atoms with van der Waals surface area (Å²) < 4.78 is 5.38. The number of aromatic nitrogens is 2. The Morgan fingerprint density at radius 1 is 1.47 bits per heavy atom. The molecule has 158 valence electrons. The van der Waals surface area contributed by atoms with E-state index in [4.69, 9.17) is 4.74 Å². The largest absolute Gasteiger partial charge is 0.444 e. The second-order valence-corrected chi connectivity index (χ2v) is 8.47. The minimum atomic E-state index is -0.871. The van der Waals surface area contributed by atoms with Crippen LogP contribution in [0.1, 0.15) is 34.1 Å². The zero-order valence-corrected chi connectivity index (χ0v) is 17.5. The van der Waals surface area contributed by atoms with Crippen LogP contribution in [0.2, 0.25) is 0 Å². The number of allylic oxidation sites excluding steroid dienone is 1. The molecule has 1 fully saturated rings. The zero-order valence-electron chi connectivity index (χ0n) is 17.5. The number of nitrogens with one attached hydrogen (secondary N) is 1. The van der Waals surface area contributed by atoms with Gasteiger partial charge in [-0.2, -0.15) is 5.26 Å². The van der Waals surface area contributed by atoms with Crippen molar-refractivity contribution in [2.45, 2.75) is 51.4 Å². The van der Waals surface area contributed by atoms with Crippen molar-refractivity contribution in [2.24, 2.45) is 4.99 Å². The van der Waals surface area contributed by atoms with Gasteiger partial charge in [-0.15, -0.1) is 0 Å². The van der Waals surface area contributed by atoms with E-state index in [2.05, 4.69) is 26.3 Å². The number of carbonyl (C=O) groups excluding carboxylic acids is 2. The molecule has 0 spiro atoms. The predicted octanol–water partition coefficient (Wildman–Crippen LogP) is 1.62. The van der Waals surface area contributed by atoms with Gasteiger partial charge in [-0.25, -0.2) is 14.8 Å². The van der Waals surface area contributed by atoms with Crippen LogP contribution in [0.5, 0.6) is 0 Å². The van der Waals surface area contributed by atoms with Gasteiger partial charge in [-0.3, -0.25) is 14.7 Å². The fraction of sp³-hybridized carbons (Fsp3) is 0.500. The highest BCUT2D eigenvalue weighted by Gasteiger charge is 2.41. The summed E-state index contributed by atoms with van der Waals surface area (Å²) in [6, 6.07) is 3.78. The third kappa shape index (κ3) is 4.56. The molecule has 1 amide bonds. The Labute approximate surface area is 175 Å². The van der Waals surface area contributed by atoms with Gasteiger partial charge in [0.25, 0.3) is 0 Å². The highest BCUT2D eigenvalue weighted by molar-refractivity contribution is 6.04. The average Bonchev–Trinajstić information content (AvgIpc) is 3.06. The maximum absolute atomic E-state index is 12.3. The molecule has 1 saturated heterocycles. The van der Waals surface area contributed by atoms with Crippen molar-refractivity contribution in [1.29, 1.82) is 5.26 Å². The molecule has 3 heterocycles. The SMILES string of the molecule is CC(C)(C)OC(=O)N[C@@]1(C)CCN(C2=C(C=O)C=NC(C#N)N2c2ccncn2)C1. The zero-order chi connectivity index (χ0) is 21.9. The molecule has 30 heavy (non-hydrogen) atoms. The van der Waals surface area contributed by atoms with Gasteiger partial charge < -0.3 is 15.0 Å². The number of hydrogen-bond acceptors (Lipinski definition) is 9. The van der Waals surface area contributed by atoms with Gasteiger partial charge in [-0.1, -0.05) is 0 Å². The Hall–Kier alpha value is -3.48. The minimum Gasteiger partial charge on any atom is -0.444 e. The summed E-state index contributed by atoms with van der Waals surface area (Å²) in [6.45, 7) is 8.32. The van der Waals surface area contributed by atoms with Crippen LogP contribution in [0.3, 0.4) is 0 Å². The lowest BCUT2D eigenvalue weighted by Gasteiger charge is -2.37. The third-order valence-electron chi connectivity index (χ3n) is 4.72. The van der Waals surface area contributed by atoms with E-state index in [1.54, 1.807) is 37.9 Å². The topological polar surface area (TPSA) is 124 Å². The molecule has 0 radical (unpaired) electrons. The Morgan fingerprint density at radius 2 is 2.23 bits per heavy atom. The lowest BCUT2D eigenvalue weighted by Crippen LogP contribution is -2.51. The standard InChI is InChI=1S/C20H25N7O3/c1-19(2,3)30-18(29)25-20(4)6-8-26(12-20)17-14(11-28)10-23-16(9-21)27(17)15-5-7-22-13-24-15/h5,7,10-11,13,16H,6,8,12H2,1-4H3,(H,25,29)/t16?,20-/m0/s1. The van der Waals surface area contributed by atoms with E-state index in [0.29, 0.717) is 43.0 Å². The van der Waals surface area contributed by atoms with Crippen molar-refractivity contribution in [2.75, 3.05) is 18.0 Å². The van der Waals surface area contributed by atoms with E-state index in [1.807, 2.05) is 11.8 Å². The number of anilines is 1. The van der Waals surface area contributed by atoms with E-state index in [-0.39, 0.29) is 0 Å². The molecule has 1 N–H and O–H groups in total. The molecule has 1 unspecified atom stereocenters. The number of aldehydes is 1. The first-order valence-corrected chi connectivity index (χ1v) is 9.59. The van der Waals surface area contributed by atoms with Gasteiger partial charge in [-0.05, 0) is 40.2 Å². The fourth-order valence-corrected chi connectivity index (χ4v) is 3.49. The van der Waals surface area contributed by atoms with E-state index < -0.39 is 23.4 Å². The molecular formula is C20H25N7O3. The van der Waals surface area contributed by atoms with Crippen LogP contribution in [0, 0.1) is 11.3 Å². The first-order chi connectivity index (χ1) is 14.2. The smallest absolute Gasteiger partial charge is 0.408 e. The summed E-state index contributed by atoms with van der Waals surface area (Å²) in [6.07, 6.45) is 4.31. The summed E-state index contributed by atoms with van der Waals surface area (Å²) >= 11 is 0. The van der Waals surface area contributed by atoms with Gasteiger partial charge in [0, 0.05) is 25.5 Å². The number of rotatable bonds is 4. The lowest BCUT2D eigenvalue weighted by atomic mass is 10.0. The third-order valence-corrected chi connectivity index (χ3v) is 4.72. The number of ether oxygens (including phenoxy) is 1. The molecule has 0 bridgehead atoms. The first-order valence-electron chi connectivity index (χ1n) is 9.59. The number of alkyl carbamates (subject to hydrolysis) is 1. The molecule has 0 saturated carbocycles. The second-order valence-electron chi connectivity index (χ2n) is 8.47. The average molecular weight is 411 g/mol. The highest BCUT2D eigenvalue weighted by Crippen LogP contribution is 2.32. The molecule has 10 heteroatoms. The number of nitrogens with zero attached hydrogens (tertiary/aromatic N) is 6. The summed E-state index contributed by atoms with van der Waals surface area (Å²) in [5.74, 6) is 0.983. The summed E-state index contributed by atoms with van der Waals surface area (Å²) in [5.41, 5.74) is -0.839. The van der Waals surface area contributed by atoms with Crippen molar-refractivity contribution >= 4 is 24.4 Å². The van der Waals surface area contributed by atoms with Crippen LogP contribution in [-0.4, -0.2) is 63.9 Å². The van der Waals surface area contributed by atoms with Crippen molar-refractivity contribution in [3.63, 3.8) is 0 Å². The summed E-state index contributed by atoms with van der Waals surface area (Å²) in [5, 5.41) is 12.6. The lowest BCUT2D eigenvalue weighted by molar-refractivity contribution is -0.104. The van der Waals surface area contributed by atoms with Crippen LogP contribution >= 0.6 is 0 Å². The van der Waals surface area contributed by atoms with Crippen molar-refractivity contribution in [1.82, 2.24) is 20.2 Å². The highest BCUT2D eigenvalue weighted by atomic mass is 16.6. The first kappa shape index (κ1) is 21.2. The molecule has 1 aromatic heterocycles. The number of nitriles is 1. The van der Waals surface area contributed by atoms with Gasteiger partial charge in [0.05, 0.1) is 11.1 Å². The molecule has 2 aliphatic heterocycles. The van der Waals surface area contributed by atoms with E-state index in [0.717, 1.165) is 0 Å². The molecule has 1 aromatic rings. The van der Waals surface area contributed by atoms with Gasteiger partial charge in [0.1, 0.15) is 29.6 Å². The molecule has 2 aliphatic rings. The molecule has 0 aliphatic carbocycles. The molecule has 0 aromatic carbocycles. The number of amides is 1. The Kier molecular flexibility index (Phi) is 5.73. The van der Waals surface area contributed by atoms with Crippen LogP contribution < -0.4 is 10.2 Å². The van der Waals surface area contributed by atoms with Crippen molar-refractivity contribution < 1.29 is 14.3 Å². The maximum atomic E-state index is 12.3. The maximum Gasteiger partial charge on any atom is 0.408 e. The van der Waals surface area contributed by atoms with E-state index in [9.17, 15) is 14.9 Å². The quantitative estimate of drug-likeness (QED) is 0.741. The normalized spacial score (nSPS) is 23.9. The molecule has 10 nitrogen and oxygen atoms in total. The Bertz CT molecular complexity index is 917. The second kappa shape index (κ2) is 8.10. The number of carbonyl (C=O) groups is 2.